The van der Waals surface area contributed by atoms with Gasteiger partial charge in [0.1, 0.15) is 11.9 Å². The standard InChI is InChI=1S/C24H28F3N7O4S/c1-39(35,36)33-16-12-18-19(30-14-16)13-20(34-8-10-37-11-9-34)32-23(18)38-17-4-2-15(3-5-17)31-22-21(24(25,26)27)28-6-7-29-22/h6-7,12-15,17,33H,2-5,8-11H2,1H3,(H,29,31). The van der Waals surface area contributed by atoms with E-state index < -0.39 is 21.9 Å². The van der Waals surface area contributed by atoms with Crippen LogP contribution in [0.15, 0.2) is 30.7 Å². The van der Waals surface area contributed by atoms with Crippen molar-refractivity contribution >= 4 is 38.2 Å². The molecule has 2 aliphatic rings. The fourth-order valence-corrected chi connectivity index (χ4v) is 5.26. The van der Waals surface area contributed by atoms with Crippen LogP contribution in [-0.2, 0) is 20.9 Å². The molecule has 0 unspecified atom stereocenters. The SMILES string of the molecule is CS(=O)(=O)Nc1cnc2cc(N3CCOCC3)nc(OC3CCC(Nc4nccnc4C(F)(F)F)CC3)c2c1. The van der Waals surface area contributed by atoms with Crippen LogP contribution in [0.5, 0.6) is 5.88 Å². The van der Waals surface area contributed by atoms with E-state index in [9.17, 15) is 21.6 Å². The summed E-state index contributed by atoms with van der Waals surface area (Å²) in [4.78, 5) is 18.6. The van der Waals surface area contributed by atoms with Gasteiger partial charge in [-0.3, -0.25) is 9.71 Å². The molecule has 0 spiro atoms. The summed E-state index contributed by atoms with van der Waals surface area (Å²) in [5, 5.41) is 3.44. The number of nitrogens with zero attached hydrogens (tertiary/aromatic N) is 5. The van der Waals surface area contributed by atoms with Crippen LogP contribution in [0.3, 0.4) is 0 Å². The minimum absolute atomic E-state index is 0.223. The van der Waals surface area contributed by atoms with Crippen LogP contribution in [0.4, 0.5) is 30.5 Å². The molecule has 2 N–H and O–H groups in total. The molecule has 1 saturated heterocycles. The van der Waals surface area contributed by atoms with Crippen LogP contribution in [0, 0.1) is 0 Å². The van der Waals surface area contributed by atoms with Crippen molar-refractivity contribution in [3.8, 4) is 5.88 Å². The third kappa shape index (κ3) is 6.76. The normalized spacial score (nSPS) is 20.6. The molecule has 2 fully saturated rings. The van der Waals surface area contributed by atoms with Crippen molar-refractivity contribution in [2.24, 2.45) is 0 Å². The van der Waals surface area contributed by atoms with E-state index >= 15 is 0 Å². The van der Waals surface area contributed by atoms with Gasteiger partial charge < -0.3 is 19.7 Å². The monoisotopic (exact) mass is 567 g/mol. The van der Waals surface area contributed by atoms with Gasteiger partial charge in [0.15, 0.2) is 11.5 Å². The lowest BCUT2D eigenvalue weighted by Gasteiger charge is -2.31. The number of hydrogen-bond donors (Lipinski definition) is 2. The molecule has 0 aromatic carbocycles. The maximum atomic E-state index is 13.3. The molecule has 0 amide bonds. The smallest absolute Gasteiger partial charge is 0.437 e. The second-order valence-electron chi connectivity index (χ2n) is 9.54. The maximum absolute atomic E-state index is 13.3. The highest BCUT2D eigenvalue weighted by Gasteiger charge is 2.37. The number of halogens is 3. The Morgan fingerprint density at radius 3 is 2.46 bits per heavy atom. The minimum Gasteiger partial charge on any atom is -0.474 e. The molecule has 0 atom stereocenters. The number of alkyl halides is 3. The molecule has 4 heterocycles. The van der Waals surface area contributed by atoms with Crippen molar-refractivity contribution in [1.82, 2.24) is 19.9 Å². The summed E-state index contributed by atoms with van der Waals surface area (Å²) >= 11 is 0. The first-order valence-electron chi connectivity index (χ1n) is 12.5. The van der Waals surface area contributed by atoms with Gasteiger partial charge >= 0.3 is 6.18 Å². The molecule has 11 nitrogen and oxygen atoms in total. The van der Waals surface area contributed by atoms with Gasteiger partial charge in [0, 0.05) is 37.6 Å². The van der Waals surface area contributed by atoms with Crippen LogP contribution >= 0.6 is 0 Å². The Labute approximate surface area is 223 Å². The number of rotatable bonds is 7. The summed E-state index contributed by atoms with van der Waals surface area (Å²) in [6.45, 7) is 2.45. The molecule has 39 heavy (non-hydrogen) atoms. The molecule has 1 saturated carbocycles. The maximum Gasteiger partial charge on any atom is 0.437 e. The van der Waals surface area contributed by atoms with Crippen LogP contribution < -0.4 is 19.7 Å². The predicted octanol–water partition coefficient (Wildman–Crippen LogP) is 3.45. The van der Waals surface area contributed by atoms with Crippen LogP contribution in [0.1, 0.15) is 31.4 Å². The van der Waals surface area contributed by atoms with Gasteiger partial charge in [-0.1, -0.05) is 0 Å². The van der Waals surface area contributed by atoms with Crippen molar-refractivity contribution < 1.29 is 31.1 Å². The second-order valence-corrected chi connectivity index (χ2v) is 11.3. The first-order chi connectivity index (χ1) is 18.5. The average molecular weight is 568 g/mol. The highest BCUT2D eigenvalue weighted by atomic mass is 32.2. The topological polar surface area (TPSA) is 131 Å². The van der Waals surface area contributed by atoms with E-state index in [1.54, 1.807) is 6.07 Å². The van der Waals surface area contributed by atoms with Crippen molar-refractivity contribution in [2.75, 3.05) is 47.5 Å². The largest absolute Gasteiger partial charge is 0.474 e. The second kappa shape index (κ2) is 11.0. The van der Waals surface area contributed by atoms with Gasteiger partial charge in [0.25, 0.3) is 0 Å². The summed E-state index contributed by atoms with van der Waals surface area (Å²) in [7, 11) is -3.52. The Kier molecular flexibility index (Phi) is 7.62. The number of aromatic nitrogens is 4. The Balaban J connectivity index is 1.34. The summed E-state index contributed by atoms with van der Waals surface area (Å²) in [6.07, 6.45) is 2.14. The number of fused-ring (bicyclic) bond motifs is 1. The lowest BCUT2D eigenvalue weighted by Crippen LogP contribution is -2.37. The summed E-state index contributed by atoms with van der Waals surface area (Å²) in [5.41, 5.74) is -0.156. The number of pyridine rings is 2. The fraction of sp³-hybridized carbons (Fsp3) is 0.500. The lowest BCUT2D eigenvalue weighted by molar-refractivity contribution is -0.140. The zero-order valence-corrected chi connectivity index (χ0v) is 21.9. The first kappa shape index (κ1) is 27.1. The number of nitrogens with one attached hydrogen (secondary N) is 2. The van der Waals surface area contributed by atoms with E-state index in [4.69, 9.17) is 14.5 Å². The van der Waals surface area contributed by atoms with Crippen LogP contribution in [0.2, 0.25) is 0 Å². The van der Waals surface area contributed by atoms with Crippen LogP contribution in [0.25, 0.3) is 10.9 Å². The minimum atomic E-state index is -4.60. The third-order valence-corrected chi connectivity index (χ3v) is 7.14. The van der Waals surface area contributed by atoms with Gasteiger partial charge in [-0.25, -0.2) is 18.4 Å². The molecular formula is C24H28F3N7O4S. The van der Waals surface area contributed by atoms with Crippen LogP contribution in [-0.4, -0.2) is 73.1 Å². The molecule has 3 aromatic rings. The van der Waals surface area contributed by atoms with Crippen molar-refractivity contribution in [1.29, 1.82) is 0 Å². The fourth-order valence-electron chi connectivity index (χ4n) is 4.72. The number of sulfonamides is 1. The molecule has 1 aliphatic carbocycles. The van der Waals surface area contributed by atoms with E-state index in [0.717, 1.165) is 12.5 Å². The van der Waals surface area contributed by atoms with E-state index in [1.807, 2.05) is 6.07 Å². The van der Waals surface area contributed by atoms with E-state index in [1.165, 1.54) is 12.4 Å². The number of ether oxygens (including phenoxy) is 2. The molecule has 0 radical (unpaired) electrons. The Bertz CT molecular complexity index is 1430. The Hall–Kier alpha value is -3.46. The molecular weight excluding hydrogens is 539 g/mol. The van der Waals surface area contributed by atoms with E-state index in [-0.39, 0.29) is 23.7 Å². The molecule has 3 aromatic heterocycles. The number of morpholine rings is 1. The third-order valence-electron chi connectivity index (χ3n) is 6.53. The first-order valence-corrected chi connectivity index (χ1v) is 14.4. The molecule has 15 heteroatoms. The highest BCUT2D eigenvalue weighted by Crippen LogP contribution is 2.35. The van der Waals surface area contributed by atoms with Gasteiger partial charge in [0.2, 0.25) is 15.9 Å². The molecule has 5 rings (SSSR count). The molecule has 0 bridgehead atoms. The molecule has 1 aliphatic heterocycles. The quantitative estimate of drug-likeness (QED) is 0.438. The van der Waals surface area contributed by atoms with Crippen molar-refractivity contribution in [3.05, 3.63) is 36.4 Å². The average Bonchev–Trinajstić information content (AvgIpc) is 2.89. The zero-order chi connectivity index (χ0) is 27.6. The Morgan fingerprint density at radius 1 is 1.05 bits per heavy atom. The highest BCUT2D eigenvalue weighted by molar-refractivity contribution is 7.92. The Morgan fingerprint density at radius 2 is 1.77 bits per heavy atom. The van der Waals surface area contributed by atoms with Gasteiger partial charge in [-0.05, 0) is 31.7 Å². The van der Waals surface area contributed by atoms with E-state index in [0.29, 0.717) is 74.6 Å². The molecule has 210 valence electrons. The van der Waals surface area contributed by atoms with Gasteiger partial charge in [-0.2, -0.15) is 18.2 Å². The summed E-state index contributed by atoms with van der Waals surface area (Å²) in [6, 6.07) is 3.24. The van der Waals surface area contributed by atoms with Crippen molar-refractivity contribution in [2.45, 2.75) is 44.0 Å². The predicted molar refractivity (Wildman–Crippen MR) is 138 cm³/mol. The van der Waals surface area contributed by atoms with Gasteiger partial charge in [-0.15, -0.1) is 0 Å². The van der Waals surface area contributed by atoms with E-state index in [2.05, 4.69) is 29.9 Å². The summed E-state index contributed by atoms with van der Waals surface area (Å²) < 4.78 is 77.6. The van der Waals surface area contributed by atoms with Gasteiger partial charge in [0.05, 0.1) is 42.3 Å². The zero-order valence-electron chi connectivity index (χ0n) is 21.1. The summed E-state index contributed by atoms with van der Waals surface area (Å²) in [5.74, 6) is 0.718. The van der Waals surface area contributed by atoms with Crippen molar-refractivity contribution in [3.63, 3.8) is 0 Å². The number of hydrogen-bond acceptors (Lipinski definition) is 10. The number of anilines is 3. The lowest BCUT2D eigenvalue weighted by atomic mass is 9.93.